The van der Waals surface area contributed by atoms with Crippen molar-refractivity contribution in [3.8, 4) is 0 Å². The number of para-hydroxylation sites is 1. The van der Waals surface area contributed by atoms with E-state index in [2.05, 4.69) is 63.2 Å². The molecule has 3 aliphatic rings. The van der Waals surface area contributed by atoms with Gasteiger partial charge >= 0.3 is 0 Å². The van der Waals surface area contributed by atoms with Crippen molar-refractivity contribution in [2.24, 2.45) is 5.41 Å². The van der Waals surface area contributed by atoms with Crippen LogP contribution in [0.25, 0.3) is 11.3 Å². The van der Waals surface area contributed by atoms with Gasteiger partial charge in [-0.25, -0.2) is 0 Å². The average molecular weight is 389 g/mol. The first-order chi connectivity index (χ1) is 13.6. The van der Waals surface area contributed by atoms with Gasteiger partial charge in [-0.1, -0.05) is 57.2 Å². The Morgan fingerprint density at radius 3 is 2.45 bits per heavy atom. The number of amides is 1. The van der Waals surface area contributed by atoms with E-state index in [-0.39, 0.29) is 17.4 Å². The summed E-state index contributed by atoms with van der Waals surface area (Å²) in [7, 11) is 2.01. The summed E-state index contributed by atoms with van der Waals surface area (Å²) >= 11 is 0. The lowest BCUT2D eigenvalue weighted by molar-refractivity contribution is -0.122. The van der Waals surface area contributed by atoms with Crippen LogP contribution in [0.1, 0.15) is 56.9 Å². The fourth-order valence-electron chi connectivity index (χ4n) is 5.31. The lowest BCUT2D eigenvalue weighted by Gasteiger charge is -2.33. The van der Waals surface area contributed by atoms with Gasteiger partial charge in [0.25, 0.3) is 0 Å². The lowest BCUT2D eigenvalue weighted by atomic mass is 9.77. The summed E-state index contributed by atoms with van der Waals surface area (Å²) in [5, 5.41) is 1.98. The maximum absolute atomic E-state index is 13.4. The summed E-state index contributed by atoms with van der Waals surface area (Å²) in [6.07, 6.45) is 0. The molecule has 4 nitrogen and oxygen atoms in total. The molecule has 0 aromatic heterocycles. The highest BCUT2D eigenvalue weighted by atomic mass is 16.7. The fourth-order valence-corrected chi connectivity index (χ4v) is 5.31. The van der Waals surface area contributed by atoms with E-state index in [1.807, 2.05) is 30.9 Å². The van der Waals surface area contributed by atoms with E-state index in [0.29, 0.717) is 6.54 Å². The average Bonchev–Trinajstić information content (AvgIpc) is 3.09. The minimum atomic E-state index is -0.542. The molecule has 0 radical (unpaired) electrons. The number of hydrogen-bond acceptors (Lipinski definition) is 3. The van der Waals surface area contributed by atoms with Crippen molar-refractivity contribution in [2.45, 2.75) is 52.6 Å². The van der Waals surface area contributed by atoms with Crippen LogP contribution < -0.4 is 4.90 Å². The number of likely N-dealkylation sites (N-methyl/N-ethyl adjacent to an activating group) is 1. The van der Waals surface area contributed by atoms with Crippen LogP contribution in [0.5, 0.6) is 0 Å². The van der Waals surface area contributed by atoms with Gasteiger partial charge in [0.2, 0.25) is 5.91 Å². The normalized spacial score (nSPS) is 22.6. The SMILES string of the molecule is CN1OC2=C(c3ccccc3CN3C(=O)C(C)(C)c4cccc2c43)C1C(C)(C)C. The van der Waals surface area contributed by atoms with Crippen LogP contribution in [0.15, 0.2) is 42.5 Å². The molecule has 1 atom stereocenters. The highest BCUT2D eigenvalue weighted by molar-refractivity contribution is 6.11. The number of carbonyl (C=O) groups excluding carboxylic acids is 1. The number of fused-ring (bicyclic) bond motifs is 3. The summed E-state index contributed by atoms with van der Waals surface area (Å²) < 4.78 is 0. The second kappa shape index (κ2) is 5.73. The van der Waals surface area contributed by atoms with Crippen molar-refractivity contribution in [1.29, 1.82) is 0 Å². The molecule has 0 aliphatic carbocycles. The predicted octanol–water partition coefficient (Wildman–Crippen LogP) is 4.98. The monoisotopic (exact) mass is 388 g/mol. The van der Waals surface area contributed by atoms with Crippen LogP contribution in [0, 0.1) is 5.41 Å². The maximum Gasteiger partial charge on any atom is 0.237 e. The minimum Gasteiger partial charge on any atom is -0.405 e. The fraction of sp³-hybridized carbons (Fsp3) is 0.400. The summed E-state index contributed by atoms with van der Waals surface area (Å²) in [4.78, 5) is 21.8. The van der Waals surface area contributed by atoms with E-state index in [4.69, 9.17) is 4.84 Å². The van der Waals surface area contributed by atoms with Crippen LogP contribution in [-0.4, -0.2) is 24.1 Å². The van der Waals surface area contributed by atoms with Gasteiger partial charge in [-0.2, -0.15) is 0 Å². The Balaban J connectivity index is 1.89. The summed E-state index contributed by atoms with van der Waals surface area (Å²) in [6, 6.07) is 14.8. The number of benzene rings is 2. The first kappa shape index (κ1) is 18.4. The Labute approximate surface area is 172 Å². The van der Waals surface area contributed by atoms with E-state index in [1.165, 1.54) is 16.7 Å². The first-order valence-corrected chi connectivity index (χ1v) is 10.3. The Kier molecular flexibility index (Phi) is 3.64. The molecule has 0 spiro atoms. The first-order valence-electron chi connectivity index (χ1n) is 10.3. The molecule has 2 aromatic carbocycles. The maximum atomic E-state index is 13.4. The van der Waals surface area contributed by atoms with E-state index < -0.39 is 5.41 Å². The highest BCUT2D eigenvalue weighted by Gasteiger charge is 2.49. The van der Waals surface area contributed by atoms with Crippen molar-refractivity contribution in [3.63, 3.8) is 0 Å². The van der Waals surface area contributed by atoms with Gasteiger partial charge in [-0.05, 0) is 42.0 Å². The van der Waals surface area contributed by atoms with Gasteiger partial charge in [0.1, 0.15) is 0 Å². The molecule has 0 bridgehead atoms. The van der Waals surface area contributed by atoms with E-state index >= 15 is 0 Å². The topological polar surface area (TPSA) is 32.8 Å². The van der Waals surface area contributed by atoms with Crippen molar-refractivity contribution >= 4 is 22.9 Å². The molecule has 3 heterocycles. The Morgan fingerprint density at radius 1 is 1.03 bits per heavy atom. The Hall–Kier alpha value is -2.59. The van der Waals surface area contributed by atoms with Crippen LogP contribution in [0.4, 0.5) is 5.69 Å². The number of hydroxylamine groups is 2. The van der Waals surface area contributed by atoms with Crippen LogP contribution >= 0.6 is 0 Å². The molecule has 3 aliphatic heterocycles. The number of carbonyl (C=O) groups is 1. The lowest BCUT2D eigenvalue weighted by Crippen LogP contribution is -2.38. The molecule has 29 heavy (non-hydrogen) atoms. The molecule has 2 aromatic rings. The van der Waals surface area contributed by atoms with E-state index in [9.17, 15) is 4.79 Å². The van der Waals surface area contributed by atoms with Gasteiger partial charge in [0, 0.05) is 18.2 Å². The van der Waals surface area contributed by atoms with Crippen molar-refractivity contribution < 1.29 is 9.63 Å². The zero-order valence-corrected chi connectivity index (χ0v) is 18.0. The third-order valence-corrected chi connectivity index (χ3v) is 6.58. The standard InChI is InChI=1S/C25H28N2O2/c1-24(2,3)22-19-16-11-8-7-10-15(16)14-27-20-17(21(19)29-26(22)6)12-9-13-18(20)25(4,5)23(27)28/h7-13,22H,14H2,1-6H3. The molecule has 1 unspecified atom stereocenters. The van der Waals surface area contributed by atoms with Crippen LogP contribution in [0.2, 0.25) is 0 Å². The summed E-state index contributed by atoms with van der Waals surface area (Å²) in [5.41, 5.74) is 6.12. The largest absolute Gasteiger partial charge is 0.405 e. The predicted molar refractivity (Wildman–Crippen MR) is 116 cm³/mol. The molecule has 1 amide bonds. The molecule has 4 heteroatoms. The highest BCUT2D eigenvalue weighted by Crippen LogP contribution is 2.53. The molecule has 0 saturated heterocycles. The number of hydrogen-bond donors (Lipinski definition) is 0. The zero-order valence-electron chi connectivity index (χ0n) is 18.0. The minimum absolute atomic E-state index is 0.00906. The van der Waals surface area contributed by atoms with Crippen LogP contribution in [0.3, 0.4) is 0 Å². The number of nitrogens with zero attached hydrogens (tertiary/aromatic N) is 2. The number of anilines is 1. The molecular formula is C25H28N2O2. The second-order valence-electron chi connectivity index (χ2n) is 10.0. The molecular weight excluding hydrogens is 360 g/mol. The smallest absolute Gasteiger partial charge is 0.237 e. The summed E-state index contributed by atoms with van der Waals surface area (Å²) in [6.45, 7) is 11.4. The number of rotatable bonds is 0. The van der Waals surface area contributed by atoms with Gasteiger partial charge in [0.15, 0.2) is 5.76 Å². The van der Waals surface area contributed by atoms with Gasteiger partial charge in [-0.3, -0.25) is 4.79 Å². The van der Waals surface area contributed by atoms with Crippen molar-refractivity contribution in [3.05, 3.63) is 64.7 Å². The molecule has 0 fully saturated rings. The van der Waals surface area contributed by atoms with Gasteiger partial charge in [-0.15, -0.1) is 5.06 Å². The molecule has 5 rings (SSSR count). The van der Waals surface area contributed by atoms with Crippen LogP contribution in [-0.2, 0) is 21.6 Å². The third kappa shape index (κ3) is 2.39. The molecule has 0 N–H and O–H groups in total. The van der Waals surface area contributed by atoms with E-state index in [1.54, 1.807) is 0 Å². The third-order valence-electron chi connectivity index (χ3n) is 6.58. The second-order valence-corrected chi connectivity index (χ2v) is 10.0. The summed E-state index contributed by atoms with van der Waals surface area (Å²) in [5.74, 6) is 1.03. The zero-order chi connectivity index (χ0) is 20.7. The molecule has 0 saturated carbocycles. The quantitative estimate of drug-likeness (QED) is 0.638. The Morgan fingerprint density at radius 2 is 1.72 bits per heavy atom. The molecule has 150 valence electrons. The van der Waals surface area contributed by atoms with Crippen molar-refractivity contribution in [2.75, 3.05) is 11.9 Å². The van der Waals surface area contributed by atoms with Gasteiger partial charge < -0.3 is 9.74 Å². The van der Waals surface area contributed by atoms with Gasteiger partial charge in [0.05, 0.1) is 23.7 Å². The van der Waals surface area contributed by atoms with Crippen molar-refractivity contribution in [1.82, 2.24) is 5.06 Å². The Bertz CT molecular complexity index is 1070. The van der Waals surface area contributed by atoms with E-state index in [0.717, 1.165) is 22.6 Å².